The lowest BCUT2D eigenvalue weighted by atomic mass is 9.84. The van der Waals surface area contributed by atoms with Crippen LogP contribution in [-0.4, -0.2) is 66.4 Å². The molecule has 4 aliphatic rings. The van der Waals surface area contributed by atoms with Gasteiger partial charge < -0.3 is 16.0 Å². The highest BCUT2D eigenvalue weighted by molar-refractivity contribution is 5.81. The van der Waals surface area contributed by atoms with Crippen LogP contribution in [0.5, 0.6) is 0 Å². The third kappa shape index (κ3) is 3.77. The first-order valence-corrected chi connectivity index (χ1v) is 10.7. The molecule has 0 radical (unpaired) electrons. The molecule has 146 valence electrons. The largest absolute Gasteiger partial charge is 0.352 e. The van der Waals surface area contributed by atoms with Crippen molar-refractivity contribution >= 4 is 11.8 Å². The molecule has 4 fully saturated rings. The SMILES string of the molecule is NC1C2CCC(C2)C1C(=O)N1CCN(CC(=O)NC2CCCCC2)CC1. The minimum Gasteiger partial charge on any atom is -0.352 e. The maximum atomic E-state index is 12.9. The summed E-state index contributed by atoms with van der Waals surface area (Å²) in [6.07, 6.45) is 9.55. The average Bonchev–Trinajstić information content (AvgIpc) is 3.24. The molecule has 1 saturated heterocycles. The van der Waals surface area contributed by atoms with Crippen molar-refractivity contribution in [3.05, 3.63) is 0 Å². The van der Waals surface area contributed by atoms with E-state index in [1.54, 1.807) is 0 Å². The lowest BCUT2D eigenvalue weighted by molar-refractivity contribution is -0.139. The lowest BCUT2D eigenvalue weighted by Crippen LogP contribution is -2.55. The van der Waals surface area contributed by atoms with Crippen molar-refractivity contribution in [2.75, 3.05) is 32.7 Å². The van der Waals surface area contributed by atoms with E-state index in [4.69, 9.17) is 5.73 Å². The van der Waals surface area contributed by atoms with Crippen molar-refractivity contribution in [3.63, 3.8) is 0 Å². The molecule has 1 heterocycles. The van der Waals surface area contributed by atoms with E-state index in [1.807, 2.05) is 4.90 Å². The summed E-state index contributed by atoms with van der Waals surface area (Å²) in [5, 5.41) is 3.19. The van der Waals surface area contributed by atoms with Crippen molar-refractivity contribution in [2.24, 2.45) is 23.5 Å². The number of amides is 2. The van der Waals surface area contributed by atoms with E-state index in [1.165, 1.54) is 32.1 Å². The second-order valence-corrected chi connectivity index (χ2v) is 8.94. The number of hydrogen-bond acceptors (Lipinski definition) is 4. The Morgan fingerprint density at radius 2 is 1.62 bits per heavy atom. The molecule has 6 nitrogen and oxygen atoms in total. The zero-order valence-corrected chi connectivity index (χ0v) is 15.9. The number of hydrogen-bond donors (Lipinski definition) is 2. The highest BCUT2D eigenvalue weighted by Crippen LogP contribution is 2.48. The zero-order valence-electron chi connectivity index (χ0n) is 15.9. The van der Waals surface area contributed by atoms with Gasteiger partial charge in [-0.05, 0) is 43.9 Å². The molecular weight excluding hydrogens is 328 g/mol. The van der Waals surface area contributed by atoms with Crippen molar-refractivity contribution in [2.45, 2.75) is 63.5 Å². The fraction of sp³-hybridized carbons (Fsp3) is 0.900. The predicted molar refractivity (Wildman–Crippen MR) is 100 cm³/mol. The molecule has 1 aliphatic heterocycles. The quantitative estimate of drug-likeness (QED) is 0.781. The summed E-state index contributed by atoms with van der Waals surface area (Å²) in [6.45, 7) is 3.51. The van der Waals surface area contributed by atoms with Gasteiger partial charge in [0.15, 0.2) is 0 Å². The van der Waals surface area contributed by atoms with E-state index < -0.39 is 0 Å². The molecule has 3 saturated carbocycles. The first kappa shape index (κ1) is 18.2. The molecule has 2 bridgehead atoms. The van der Waals surface area contributed by atoms with Crippen LogP contribution in [-0.2, 0) is 9.59 Å². The standard InChI is InChI=1S/C20H34N4O2/c21-19-15-7-6-14(12-15)18(19)20(26)24-10-8-23(9-11-24)13-17(25)22-16-4-2-1-3-5-16/h14-16,18-19H,1-13,21H2,(H,22,25). The molecule has 0 aromatic carbocycles. The Hall–Kier alpha value is -1.14. The second kappa shape index (κ2) is 7.85. The average molecular weight is 363 g/mol. The Kier molecular flexibility index (Phi) is 5.50. The van der Waals surface area contributed by atoms with Crippen LogP contribution in [0, 0.1) is 17.8 Å². The van der Waals surface area contributed by atoms with Gasteiger partial charge in [0.1, 0.15) is 0 Å². The minimum atomic E-state index is 0.0508. The molecule has 3 aliphatic carbocycles. The molecular formula is C20H34N4O2. The summed E-state index contributed by atoms with van der Waals surface area (Å²) in [4.78, 5) is 29.4. The van der Waals surface area contributed by atoms with Gasteiger partial charge in [-0.2, -0.15) is 0 Å². The van der Waals surface area contributed by atoms with Crippen LogP contribution in [0.1, 0.15) is 51.4 Å². The summed E-state index contributed by atoms with van der Waals surface area (Å²) in [6, 6.07) is 0.443. The highest BCUT2D eigenvalue weighted by Gasteiger charge is 2.50. The summed E-state index contributed by atoms with van der Waals surface area (Å²) in [5.41, 5.74) is 6.34. The van der Waals surface area contributed by atoms with Crippen LogP contribution in [0.15, 0.2) is 0 Å². The van der Waals surface area contributed by atoms with E-state index >= 15 is 0 Å². The van der Waals surface area contributed by atoms with Crippen LogP contribution in [0.2, 0.25) is 0 Å². The number of piperazine rings is 1. The summed E-state index contributed by atoms with van der Waals surface area (Å²) in [7, 11) is 0. The Bertz CT molecular complexity index is 524. The maximum absolute atomic E-state index is 12.9. The summed E-state index contributed by atoms with van der Waals surface area (Å²) in [5.74, 6) is 1.55. The van der Waals surface area contributed by atoms with Gasteiger partial charge in [-0.3, -0.25) is 14.5 Å². The Labute approximate surface area is 156 Å². The molecule has 4 unspecified atom stereocenters. The van der Waals surface area contributed by atoms with Gasteiger partial charge in [0.2, 0.25) is 11.8 Å². The van der Waals surface area contributed by atoms with Gasteiger partial charge in [-0.15, -0.1) is 0 Å². The van der Waals surface area contributed by atoms with E-state index in [0.717, 1.165) is 45.4 Å². The molecule has 2 amide bonds. The predicted octanol–water partition coefficient (Wildman–Crippen LogP) is 0.953. The molecule has 4 atom stereocenters. The van der Waals surface area contributed by atoms with Crippen molar-refractivity contribution in [3.8, 4) is 0 Å². The number of carbonyl (C=O) groups is 2. The van der Waals surface area contributed by atoms with E-state index in [-0.39, 0.29) is 23.8 Å². The van der Waals surface area contributed by atoms with Crippen molar-refractivity contribution in [1.82, 2.24) is 15.1 Å². The normalized spacial score (nSPS) is 35.7. The maximum Gasteiger partial charge on any atom is 0.234 e. The molecule has 0 spiro atoms. The van der Waals surface area contributed by atoms with Gasteiger partial charge in [0, 0.05) is 38.3 Å². The van der Waals surface area contributed by atoms with Crippen LogP contribution < -0.4 is 11.1 Å². The Balaban J connectivity index is 1.21. The van der Waals surface area contributed by atoms with Crippen molar-refractivity contribution in [1.29, 1.82) is 0 Å². The third-order valence-corrected chi connectivity index (χ3v) is 7.29. The number of rotatable bonds is 4. The van der Waals surface area contributed by atoms with E-state index in [9.17, 15) is 9.59 Å². The molecule has 26 heavy (non-hydrogen) atoms. The monoisotopic (exact) mass is 362 g/mol. The smallest absolute Gasteiger partial charge is 0.234 e. The van der Waals surface area contributed by atoms with Gasteiger partial charge in [0.05, 0.1) is 12.5 Å². The molecule has 3 N–H and O–H groups in total. The molecule has 0 aromatic heterocycles. The molecule has 6 heteroatoms. The zero-order chi connectivity index (χ0) is 18.1. The van der Waals surface area contributed by atoms with E-state index in [2.05, 4.69) is 10.2 Å². The Morgan fingerprint density at radius 1 is 0.923 bits per heavy atom. The topological polar surface area (TPSA) is 78.7 Å². The number of nitrogens with zero attached hydrogens (tertiary/aromatic N) is 2. The molecule has 0 aromatic rings. The third-order valence-electron chi connectivity index (χ3n) is 7.29. The second-order valence-electron chi connectivity index (χ2n) is 8.94. The van der Waals surface area contributed by atoms with E-state index in [0.29, 0.717) is 24.4 Å². The number of carbonyl (C=O) groups excluding carboxylic acids is 2. The number of nitrogens with one attached hydrogen (secondary N) is 1. The van der Waals surface area contributed by atoms with Gasteiger partial charge >= 0.3 is 0 Å². The van der Waals surface area contributed by atoms with Crippen molar-refractivity contribution < 1.29 is 9.59 Å². The van der Waals surface area contributed by atoms with Crippen LogP contribution >= 0.6 is 0 Å². The van der Waals surface area contributed by atoms with Crippen LogP contribution in [0.25, 0.3) is 0 Å². The van der Waals surface area contributed by atoms with Gasteiger partial charge in [-0.1, -0.05) is 19.3 Å². The summed E-state index contributed by atoms with van der Waals surface area (Å²) >= 11 is 0. The fourth-order valence-corrected chi connectivity index (χ4v) is 5.76. The Morgan fingerprint density at radius 3 is 2.27 bits per heavy atom. The first-order chi connectivity index (χ1) is 12.6. The number of nitrogens with two attached hydrogens (primary N) is 1. The van der Waals surface area contributed by atoms with Gasteiger partial charge in [-0.25, -0.2) is 0 Å². The minimum absolute atomic E-state index is 0.0508. The number of fused-ring (bicyclic) bond motifs is 2. The molecule has 4 rings (SSSR count). The fourth-order valence-electron chi connectivity index (χ4n) is 5.76. The highest BCUT2D eigenvalue weighted by atomic mass is 16.2. The van der Waals surface area contributed by atoms with Gasteiger partial charge in [0.25, 0.3) is 0 Å². The first-order valence-electron chi connectivity index (χ1n) is 10.7. The van der Waals surface area contributed by atoms with Crippen LogP contribution in [0.4, 0.5) is 0 Å². The summed E-state index contributed by atoms with van der Waals surface area (Å²) < 4.78 is 0. The lowest BCUT2D eigenvalue weighted by Gasteiger charge is -2.38. The van der Waals surface area contributed by atoms with Crippen LogP contribution in [0.3, 0.4) is 0 Å².